The highest BCUT2D eigenvalue weighted by Gasteiger charge is 1.95. The van der Waals surface area contributed by atoms with E-state index in [1.165, 1.54) is 5.70 Å². The van der Waals surface area contributed by atoms with Gasteiger partial charge in [0.05, 0.1) is 0 Å². The molecule has 1 nitrogen and oxygen atoms in total. The normalized spacial score (nSPS) is 13.5. The van der Waals surface area contributed by atoms with Crippen molar-refractivity contribution in [2.45, 2.75) is 34.1 Å². The number of aliphatic imine (C=N–C) groups is 1. The lowest BCUT2D eigenvalue weighted by Gasteiger charge is -2.02. The van der Waals surface area contributed by atoms with Gasteiger partial charge in [0.1, 0.15) is 0 Å². The first-order valence-electron chi connectivity index (χ1n) is 3.84. The van der Waals surface area contributed by atoms with Gasteiger partial charge in [-0.1, -0.05) is 19.9 Å². The molecule has 0 aliphatic carbocycles. The summed E-state index contributed by atoms with van der Waals surface area (Å²) in [6.07, 6.45) is 5.00. The molecule has 0 aliphatic rings. The maximum atomic E-state index is 4.22. The molecule has 0 spiro atoms. The van der Waals surface area contributed by atoms with Crippen LogP contribution in [0.15, 0.2) is 16.8 Å². The van der Waals surface area contributed by atoms with E-state index in [1.54, 1.807) is 0 Å². The summed E-state index contributed by atoms with van der Waals surface area (Å²) in [5.74, 6) is 0.704. The third-order valence-electron chi connectivity index (χ3n) is 1.25. The highest BCUT2D eigenvalue weighted by molar-refractivity contribution is 5.55. The lowest BCUT2D eigenvalue weighted by Crippen LogP contribution is -1.88. The molecule has 0 saturated carbocycles. The summed E-state index contributed by atoms with van der Waals surface area (Å²) >= 11 is 0. The molecule has 1 heteroatoms. The van der Waals surface area contributed by atoms with Gasteiger partial charge in [0.15, 0.2) is 0 Å². The molecule has 0 unspecified atom stereocenters. The van der Waals surface area contributed by atoms with E-state index in [1.807, 2.05) is 20.1 Å². The molecule has 0 saturated heterocycles. The largest absolute Gasteiger partial charge is 0.266 e. The van der Waals surface area contributed by atoms with E-state index >= 15 is 0 Å². The predicted octanol–water partition coefficient (Wildman–Crippen LogP) is 3.03. The molecule has 0 bridgehead atoms. The first-order valence-corrected chi connectivity index (χ1v) is 3.84. The number of hydrogen-bond acceptors (Lipinski definition) is 1. The molecular weight excluding hydrogens is 122 g/mol. The highest BCUT2D eigenvalue weighted by atomic mass is 14.7. The number of nitrogens with zero attached hydrogens (tertiary/aromatic N) is 1. The van der Waals surface area contributed by atoms with Crippen molar-refractivity contribution in [3.8, 4) is 0 Å². The average Bonchev–Trinajstić information content (AvgIpc) is 1.86. The van der Waals surface area contributed by atoms with Crippen LogP contribution in [0, 0.1) is 5.92 Å². The van der Waals surface area contributed by atoms with Crippen molar-refractivity contribution in [3.05, 3.63) is 11.8 Å². The van der Waals surface area contributed by atoms with Crippen LogP contribution in [0.1, 0.15) is 34.1 Å². The Bertz CT molecular complexity index is 132. The van der Waals surface area contributed by atoms with Crippen LogP contribution in [-0.4, -0.2) is 6.21 Å². The van der Waals surface area contributed by atoms with Gasteiger partial charge in [0, 0.05) is 11.9 Å². The summed E-state index contributed by atoms with van der Waals surface area (Å²) in [6, 6.07) is 0. The minimum absolute atomic E-state index is 0.704. The van der Waals surface area contributed by atoms with Gasteiger partial charge in [0.2, 0.25) is 0 Å². The molecule has 0 radical (unpaired) electrons. The minimum Gasteiger partial charge on any atom is -0.266 e. The molecule has 0 aromatic carbocycles. The van der Waals surface area contributed by atoms with Gasteiger partial charge >= 0.3 is 0 Å². The molecule has 0 N–H and O–H groups in total. The van der Waals surface area contributed by atoms with Gasteiger partial charge in [0.25, 0.3) is 0 Å². The lowest BCUT2D eigenvalue weighted by atomic mass is 10.1. The molecule has 58 valence electrons. The Hall–Kier alpha value is -0.590. The first-order chi connectivity index (χ1) is 4.70. The molecule has 10 heavy (non-hydrogen) atoms. The van der Waals surface area contributed by atoms with Gasteiger partial charge < -0.3 is 0 Å². The number of allylic oxidation sites excluding steroid dienone is 2. The molecule has 0 aromatic heterocycles. The summed E-state index contributed by atoms with van der Waals surface area (Å²) in [6.45, 7) is 8.39. The predicted molar refractivity (Wildman–Crippen MR) is 47.4 cm³/mol. The highest BCUT2D eigenvalue weighted by Crippen LogP contribution is 2.10. The Labute approximate surface area is 63.9 Å². The van der Waals surface area contributed by atoms with E-state index in [9.17, 15) is 0 Å². The SMILES string of the molecule is C/C=N\C(=C/C)CC(C)C. The van der Waals surface area contributed by atoms with E-state index in [-0.39, 0.29) is 0 Å². The second-order valence-corrected chi connectivity index (χ2v) is 2.77. The summed E-state index contributed by atoms with van der Waals surface area (Å²) in [5, 5.41) is 0. The quantitative estimate of drug-likeness (QED) is 0.533. The molecule has 0 fully saturated rings. The van der Waals surface area contributed by atoms with Crippen molar-refractivity contribution in [2.24, 2.45) is 10.9 Å². The third-order valence-corrected chi connectivity index (χ3v) is 1.25. The van der Waals surface area contributed by atoms with E-state index in [2.05, 4.69) is 24.9 Å². The van der Waals surface area contributed by atoms with Crippen molar-refractivity contribution >= 4 is 6.21 Å². The first kappa shape index (κ1) is 9.41. The summed E-state index contributed by atoms with van der Waals surface area (Å²) < 4.78 is 0. The molecule has 0 aliphatic heterocycles. The van der Waals surface area contributed by atoms with Gasteiger partial charge in [-0.3, -0.25) is 4.99 Å². The Morgan fingerprint density at radius 2 is 2.00 bits per heavy atom. The standard InChI is InChI=1S/C9H17N/c1-5-9(10-6-2)7-8(3)4/h5-6,8H,7H2,1-4H3/b9-5-,10-6-. The van der Waals surface area contributed by atoms with Gasteiger partial charge in [-0.2, -0.15) is 0 Å². The van der Waals surface area contributed by atoms with Crippen LogP contribution in [0.25, 0.3) is 0 Å². The van der Waals surface area contributed by atoms with Gasteiger partial charge in [-0.05, 0) is 26.2 Å². The monoisotopic (exact) mass is 139 g/mol. The molecular formula is C9H17N. The Morgan fingerprint density at radius 3 is 2.30 bits per heavy atom. The summed E-state index contributed by atoms with van der Waals surface area (Å²) in [4.78, 5) is 4.22. The zero-order valence-electron chi connectivity index (χ0n) is 7.39. The zero-order chi connectivity index (χ0) is 7.98. The van der Waals surface area contributed by atoms with Gasteiger partial charge in [-0.15, -0.1) is 0 Å². The van der Waals surface area contributed by atoms with Gasteiger partial charge in [-0.25, -0.2) is 0 Å². The average molecular weight is 139 g/mol. The van der Waals surface area contributed by atoms with Crippen molar-refractivity contribution in [3.63, 3.8) is 0 Å². The van der Waals surface area contributed by atoms with Crippen molar-refractivity contribution in [1.82, 2.24) is 0 Å². The molecule has 0 rings (SSSR count). The topological polar surface area (TPSA) is 12.4 Å². The lowest BCUT2D eigenvalue weighted by molar-refractivity contribution is 0.638. The second-order valence-electron chi connectivity index (χ2n) is 2.77. The fourth-order valence-electron chi connectivity index (χ4n) is 0.829. The number of hydrogen-bond donors (Lipinski definition) is 0. The van der Waals surface area contributed by atoms with Crippen LogP contribution in [0.4, 0.5) is 0 Å². The fourth-order valence-corrected chi connectivity index (χ4v) is 0.829. The second kappa shape index (κ2) is 5.21. The van der Waals surface area contributed by atoms with E-state index < -0.39 is 0 Å². The van der Waals surface area contributed by atoms with Crippen LogP contribution in [0.5, 0.6) is 0 Å². The molecule has 0 amide bonds. The van der Waals surface area contributed by atoms with Crippen LogP contribution >= 0.6 is 0 Å². The van der Waals surface area contributed by atoms with Crippen LogP contribution in [-0.2, 0) is 0 Å². The Morgan fingerprint density at radius 1 is 1.40 bits per heavy atom. The zero-order valence-corrected chi connectivity index (χ0v) is 7.39. The third kappa shape index (κ3) is 4.30. The summed E-state index contributed by atoms with van der Waals surface area (Å²) in [5.41, 5.74) is 1.19. The van der Waals surface area contributed by atoms with Crippen LogP contribution < -0.4 is 0 Å². The molecule has 0 heterocycles. The maximum Gasteiger partial charge on any atom is 0.0359 e. The van der Waals surface area contributed by atoms with E-state index in [0.717, 1.165) is 6.42 Å². The van der Waals surface area contributed by atoms with Crippen LogP contribution in [0.3, 0.4) is 0 Å². The maximum absolute atomic E-state index is 4.22. The minimum atomic E-state index is 0.704. The Balaban J connectivity index is 3.86. The smallest absolute Gasteiger partial charge is 0.0359 e. The molecule has 0 atom stereocenters. The van der Waals surface area contributed by atoms with Crippen molar-refractivity contribution in [1.29, 1.82) is 0 Å². The van der Waals surface area contributed by atoms with E-state index in [4.69, 9.17) is 0 Å². The Kier molecular flexibility index (Phi) is 4.91. The van der Waals surface area contributed by atoms with Crippen LogP contribution in [0.2, 0.25) is 0 Å². The number of rotatable bonds is 3. The van der Waals surface area contributed by atoms with Crippen molar-refractivity contribution in [2.75, 3.05) is 0 Å². The van der Waals surface area contributed by atoms with E-state index in [0.29, 0.717) is 5.92 Å². The van der Waals surface area contributed by atoms with Crippen molar-refractivity contribution < 1.29 is 0 Å². The molecule has 0 aromatic rings. The summed E-state index contributed by atoms with van der Waals surface area (Å²) in [7, 11) is 0. The fraction of sp³-hybridized carbons (Fsp3) is 0.667.